The number of nitrogens with zero attached hydrogens (tertiary/aromatic N) is 1. The standard InChI is InChI=1S/C19H19ClN4O2S/c1-24(12-18(25)22-15-8-6-14(20)7-9-15)13-19(26)23-16-4-2-3-5-17(16)27-11-10-21/h2-9H,11-13H2,1H3,(H,22,25)(H,23,26)/p+1. The molecular formula is C19H20ClN4O2S+. The number of quaternary nitrogens is 1. The van der Waals surface area contributed by atoms with Crippen LogP contribution in [0.25, 0.3) is 0 Å². The van der Waals surface area contributed by atoms with Crippen LogP contribution >= 0.6 is 23.4 Å². The molecule has 1 unspecified atom stereocenters. The van der Waals surface area contributed by atoms with Crippen molar-refractivity contribution in [1.82, 2.24) is 0 Å². The van der Waals surface area contributed by atoms with E-state index in [1.54, 1.807) is 37.4 Å². The molecule has 0 heterocycles. The fourth-order valence-corrected chi connectivity index (χ4v) is 3.14. The quantitative estimate of drug-likeness (QED) is 0.589. The molecule has 8 heteroatoms. The number of nitriles is 1. The lowest BCUT2D eigenvalue weighted by molar-refractivity contribution is -0.862. The van der Waals surface area contributed by atoms with Crippen LogP contribution in [0, 0.1) is 11.3 Å². The molecule has 3 N–H and O–H groups in total. The fourth-order valence-electron chi connectivity index (χ4n) is 2.35. The van der Waals surface area contributed by atoms with E-state index in [2.05, 4.69) is 16.7 Å². The highest BCUT2D eigenvalue weighted by atomic mass is 35.5. The van der Waals surface area contributed by atoms with Gasteiger partial charge in [0.1, 0.15) is 0 Å². The molecule has 1 atom stereocenters. The number of likely N-dealkylation sites (N-methyl/N-ethyl adjacent to an activating group) is 1. The summed E-state index contributed by atoms with van der Waals surface area (Å²) in [7, 11) is 1.78. The summed E-state index contributed by atoms with van der Waals surface area (Å²) in [5.41, 5.74) is 1.33. The number of para-hydroxylation sites is 1. The van der Waals surface area contributed by atoms with Crippen molar-refractivity contribution in [2.24, 2.45) is 0 Å². The Balaban J connectivity index is 1.84. The summed E-state index contributed by atoms with van der Waals surface area (Å²) >= 11 is 7.18. The van der Waals surface area contributed by atoms with Gasteiger partial charge in [-0.25, -0.2) is 0 Å². The minimum Gasteiger partial charge on any atom is -0.322 e. The summed E-state index contributed by atoms with van der Waals surface area (Å²) in [6.45, 7) is 0.298. The molecule has 6 nitrogen and oxygen atoms in total. The van der Waals surface area contributed by atoms with Gasteiger partial charge in [0.15, 0.2) is 13.1 Å². The van der Waals surface area contributed by atoms with Crippen LogP contribution in [-0.4, -0.2) is 37.7 Å². The minimum atomic E-state index is -0.197. The second-order valence-electron chi connectivity index (χ2n) is 5.86. The first-order chi connectivity index (χ1) is 13.0. The van der Waals surface area contributed by atoms with Crippen molar-refractivity contribution in [3.05, 3.63) is 53.6 Å². The predicted octanol–water partition coefficient (Wildman–Crippen LogP) is 2.05. The number of amides is 2. The number of carbonyl (C=O) groups is 2. The Labute approximate surface area is 167 Å². The summed E-state index contributed by atoms with van der Waals surface area (Å²) in [6.07, 6.45) is 0. The summed E-state index contributed by atoms with van der Waals surface area (Å²) in [4.78, 5) is 26.0. The molecule has 0 aliphatic rings. The summed E-state index contributed by atoms with van der Waals surface area (Å²) in [5, 5.41) is 14.9. The van der Waals surface area contributed by atoms with Crippen LogP contribution in [-0.2, 0) is 9.59 Å². The molecule has 2 amide bonds. The third kappa shape index (κ3) is 7.31. The van der Waals surface area contributed by atoms with Crippen molar-refractivity contribution < 1.29 is 14.5 Å². The number of hydrogen-bond acceptors (Lipinski definition) is 4. The third-order valence-corrected chi connectivity index (χ3v) is 4.70. The number of benzene rings is 2. The number of thioether (sulfide) groups is 1. The van der Waals surface area contributed by atoms with E-state index in [4.69, 9.17) is 16.9 Å². The van der Waals surface area contributed by atoms with Crippen molar-refractivity contribution in [2.75, 3.05) is 36.5 Å². The van der Waals surface area contributed by atoms with Gasteiger partial charge in [0.05, 0.1) is 24.6 Å². The molecular weight excluding hydrogens is 384 g/mol. The lowest BCUT2D eigenvalue weighted by Gasteiger charge is -2.15. The highest BCUT2D eigenvalue weighted by Crippen LogP contribution is 2.26. The maximum atomic E-state index is 12.3. The van der Waals surface area contributed by atoms with Crippen molar-refractivity contribution in [2.45, 2.75) is 4.90 Å². The van der Waals surface area contributed by atoms with Crippen LogP contribution in [0.4, 0.5) is 11.4 Å². The molecule has 2 aromatic carbocycles. The Hall–Kier alpha value is -2.53. The number of rotatable bonds is 8. The van der Waals surface area contributed by atoms with Crippen LogP contribution < -0.4 is 15.5 Å². The molecule has 0 saturated carbocycles. The molecule has 0 saturated heterocycles. The molecule has 0 aliphatic heterocycles. The van der Waals surface area contributed by atoms with Gasteiger partial charge in [-0.05, 0) is 36.4 Å². The van der Waals surface area contributed by atoms with Crippen molar-refractivity contribution in [3.8, 4) is 6.07 Å². The molecule has 2 aromatic rings. The zero-order valence-corrected chi connectivity index (χ0v) is 16.4. The van der Waals surface area contributed by atoms with E-state index in [0.29, 0.717) is 22.2 Å². The number of nitrogens with one attached hydrogen (secondary N) is 3. The van der Waals surface area contributed by atoms with Gasteiger partial charge in [-0.2, -0.15) is 5.26 Å². The van der Waals surface area contributed by atoms with Gasteiger partial charge >= 0.3 is 0 Å². The zero-order valence-electron chi connectivity index (χ0n) is 14.8. The van der Waals surface area contributed by atoms with Gasteiger partial charge in [0, 0.05) is 15.6 Å². The van der Waals surface area contributed by atoms with Crippen LogP contribution in [0.2, 0.25) is 5.02 Å². The maximum Gasteiger partial charge on any atom is 0.279 e. The highest BCUT2D eigenvalue weighted by molar-refractivity contribution is 7.99. The van der Waals surface area contributed by atoms with E-state index in [1.165, 1.54) is 11.8 Å². The Bertz CT molecular complexity index is 836. The largest absolute Gasteiger partial charge is 0.322 e. The van der Waals surface area contributed by atoms with Gasteiger partial charge in [-0.3, -0.25) is 9.59 Å². The second kappa shape index (κ2) is 10.6. The van der Waals surface area contributed by atoms with Crippen LogP contribution in [0.15, 0.2) is 53.4 Å². The van der Waals surface area contributed by atoms with E-state index in [9.17, 15) is 9.59 Å². The smallest absolute Gasteiger partial charge is 0.279 e. The highest BCUT2D eigenvalue weighted by Gasteiger charge is 2.15. The summed E-state index contributed by atoms with van der Waals surface area (Å²) < 4.78 is 0. The normalized spacial score (nSPS) is 11.3. The number of anilines is 2. The first-order valence-corrected chi connectivity index (χ1v) is 9.59. The van der Waals surface area contributed by atoms with Crippen LogP contribution in [0.1, 0.15) is 0 Å². The molecule has 0 spiro atoms. The lowest BCUT2D eigenvalue weighted by Crippen LogP contribution is -3.11. The number of hydrogen-bond donors (Lipinski definition) is 3. The Morgan fingerprint density at radius 2 is 1.70 bits per heavy atom. The van der Waals surface area contributed by atoms with Crippen LogP contribution in [0.3, 0.4) is 0 Å². The van der Waals surface area contributed by atoms with E-state index in [0.717, 1.165) is 9.80 Å². The van der Waals surface area contributed by atoms with E-state index in [1.807, 2.05) is 18.2 Å². The lowest BCUT2D eigenvalue weighted by atomic mass is 10.3. The Morgan fingerprint density at radius 3 is 2.37 bits per heavy atom. The molecule has 0 fully saturated rings. The van der Waals surface area contributed by atoms with Crippen molar-refractivity contribution in [3.63, 3.8) is 0 Å². The molecule has 0 bridgehead atoms. The van der Waals surface area contributed by atoms with Crippen molar-refractivity contribution in [1.29, 1.82) is 5.26 Å². The van der Waals surface area contributed by atoms with E-state index >= 15 is 0 Å². The van der Waals surface area contributed by atoms with Gasteiger partial charge < -0.3 is 15.5 Å². The molecule has 0 radical (unpaired) electrons. The Morgan fingerprint density at radius 1 is 1.07 bits per heavy atom. The van der Waals surface area contributed by atoms with Crippen molar-refractivity contribution >= 4 is 46.6 Å². The van der Waals surface area contributed by atoms with Crippen LogP contribution in [0.5, 0.6) is 0 Å². The second-order valence-corrected chi connectivity index (χ2v) is 7.31. The number of halogens is 1. The molecule has 0 aromatic heterocycles. The summed E-state index contributed by atoms with van der Waals surface area (Å²) in [5.74, 6) is -0.0764. The molecule has 140 valence electrons. The van der Waals surface area contributed by atoms with Gasteiger partial charge in [0.25, 0.3) is 11.8 Å². The van der Waals surface area contributed by atoms with Gasteiger partial charge in [-0.1, -0.05) is 23.7 Å². The SMILES string of the molecule is C[NH+](CC(=O)Nc1ccc(Cl)cc1)CC(=O)Nc1ccccc1SCC#N. The predicted molar refractivity (Wildman–Crippen MR) is 108 cm³/mol. The summed E-state index contributed by atoms with van der Waals surface area (Å²) in [6, 6.07) is 16.2. The topological polar surface area (TPSA) is 86.4 Å². The third-order valence-electron chi connectivity index (χ3n) is 3.51. The van der Waals surface area contributed by atoms with E-state index in [-0.39, 0.29) is 24.9 Å². The molecule has 0 aliphatic carbocycles. The number of carbonyl (C=O) groups excluding carboxylic acids is 2. The molecule has 2 rings (SSSR count). The Kier molecular flexibility index (Phi) is 8.14. The van der Waals surface area contributed by atoms with E-state index < -0.39 is 0 Å². The first-order valence-electron chi connectivity index (χ1n) is 8.23. The van der Waals surface area contributed by atoms with Gasteiger partial charge in [0.2, 0.25) is 0 Å². The monoisotopic (exact) mass is 403 g/mol. The first kappa shape index (κ1) is 20.8. The molecule has 27 heavy (non-hydrogen) atoms. The minimum absolute atomic E-state index is 0.144. The fraction of sp³-hybridized carbons (Fsp3) is 0.211. The average Bonchev–Trinajstić information content (AvgIpc) is 2.62. The average molecular weight is 404 g/mol. The zero-order chi connectivity index (χ0) is 19.6. The van der Waals surface area contributed by atoms with Gasteiger partial charge in [-0.15, -0.1) is 11.8 Å². The maximum absolute atomic E-state index is 12.3.